The molecule has 10 aromatic rings. The van der Waals surface area contributed by atoms with Gasteiger partial charge in [0.15, 0.2) is 0 Å². The van der Waals surface area contributed by atoms with E-state index in [0.29, 0.717) is 0 Å². The summed E-state index contributed by atoms with van der Waals surface area (Å²) in [7, 11) is 0. The molecule has 0 fully saturated rings. The number of fused-ring (bicyclic) bond motifs is 6. The molecule has 0 aliphatic rings. The molecule has 0 bridgehead atoms. The van der Waals surface area contributed by atoms with Crippen LogP contribution in [0.5, 0.6) is 0 Å². The van der Waals surface area contributed by atoms with Gasteiger partial charge in [-0.25, -0.2) is 0 Å². The van der Waals surface area contributed by atoms with Gasteiger partial charge in [-0.15, -0.1) is 0 Å². The van der Waals surface area contributed by atoms with Crippen LogP contribution >= 0.6 is 0 Å². The lowest BCUT2D eigenvalue weighted by Gasteiger charge is -2.18. The maximum Gasteiger partial charge on any atom is 0.136 e. The first-order valence-corrected chi connectivity index (χ1v) is 16.8. The molecule has 1 heteroatoms. The molecule has 10 rings (SSSR count). The van der Waals surface area contributed by atoms with Crippen molar-refractivity contribution >= 4 is 54.3 Å². The van der Waals surface area contributed by atoms with Crippen LogP contribution in [0.25, 0.3) is 98.8 Å². The molecule has 0 aliphatic carbocycles. The highest BCUT2D eigenvalue weighted by Crippen LogP contribution is 2.44. The topological polar surface area (TPSA) is 13.1 Å². The molecule has 0 N–H and O–H groups in total. The fraction of sp³-hybridized carbons (Fsp3) is 0. The lowest BCUT2D eigenvalue weighted by molar-refractivity contribution is 0.669. The summed E-state index contributed by atoms with van der Waals surface area (Å²) >= 11 is 0. The van der Waals surface area contributed by atoms with Crippen molar-refractivity contribution in [2.24, 2.45) is 0 Å². The van der Waals surface area contributed by atoms with Gasteiger partial charge in [0.1, 0.15) is 11.2 Å². The number of furan rings is 1. The molecule has 1 nitrogen and oxygen atoms in total. The average Bonchev–Trinajstić information content (AvgIpc) is 3.53. The Balaban J connectivity index is 1.02. The van der Waals surface area contributed by atoms with Crippen LogP contribution in [-0.4, -0.2) is 0 Å². The molecule has 0 aliphatic heterocycles. The molecule has 0 unspecified atom stereocenters. The Bertz CT molecular complexity index is 2780. The Hall–Kier alpha value is -6.44. The van der Waals surface area contributed by atoms with Crippen molar-refractivity contribution in [3.05, 3.63) is 182 Å². The Morgan fingerprint density at radius 3 is 1.22 bits per heavy atom. The van der Waals surface area contributed by atoms with E-state index in [9.17, 15) is 0 Å². The zero-order valence-electron chi connectivity index (χ0n) is 26.7. The minimum atomic E-state index is 0.918. The van der Waals surface area contributed by atoms with Crippen molar-refractivity contribution in [2.45, 2.75) is 0 Å². The van der Waals surface area contributed by atoms with Crippen molar-refractivity contribution < 1.29 is 4.42 Å². The SMILES string of the molecule is c1ccc(-c2c3ccccc3c(-c3ccc(-c4ccc(-c5ccc6oc7cc8ccccc8cc7c6c5)cc4)cc3)c3ccccc23)cc1. The van der Waals surface area contributed by atoms with E-state index in [4.69, 9.17) is 4.42 Å². The lowest BCUT2D eigenvalue weighted by atomic mass is 9.86. The van der Waals surface area contributed by atoms with Crippen molar-refractivity contribution in [1.29, 1.82) is 0 Å². The zero-order valence-corrected chi connectivity index (χ0v) is 26.7. The third-order valence-corrected chi connectivity index (χ3v) is 10.1. The molecule has 9 aromatic carbocycles. The van der Waals surface area contributed by atoms with E-state index in [2.05, 4.69) is 182 Å². The van der Waals surface area contributed by atoms with E-state index in [1.807, 2.05) is 0 Å². The second-order valence-corrected chi connectivity index (χ2v) is 12.9. The van der Waals surface area contributed by atoms with Gasteiger partial charge in [0.25, 0.3) is 0 Å². The van der Waals surface area contributed by atoms with E-state index < -0.39 is 0 Å². The second-order valence-electron chi connectivity index (χ2n) is 12.9. The Morgan fingerprint density at radius 2 is 0.653 bits per heavy atom. The summed E-state index contributed by atoms with van der Waals surface area (Å²) in [5.41, 5.74) is 11.7. The molecule has 228 valence electrons. The van der Waals surface area contributed by atoms with Crippen molar-refractivity contribution in [3.63, 3.8) is 0 Å². The normalized spacial score (nSPS) is 11.7. The molecule has 1 heterocycles. The number of benzene rings is 9. The van der Waals surface area contributed by atoms with Crippen LogP contribution in [0.1, 0.15) is 0 Å². The Morgan fingerprint density at radius 1 is 0.245 bits per heavy atom. The van der Waals surface area contributed by atoms with E-state index in [1.165, 1.54) is 76.8 Å². The first-order valence-electron chi connectivity index (χ1n) is 16.8. The number of rotatable bonds is 4. The highest BCUT2D eigenvalue weighted by atomic mass is 16.3. The first-order chi connectivity index (χ1) is 24.3. The largest absolute Gasteiger partial charge is 0.456 e. The van der Waals surface area contributed by atoms with Crippen molar-refractivity contribution in [1.82, 2.24) is 0 Å². The molecule has 0 saturated heterocycles. The smallest absolute Gasteiger partial charge is 0.136 e. The predicted octanol–water partition coefficient (Wildman–Crippen LogP) is 13.7. The minimum absolute atomic E-state index is 0.918. The fourth-order valence-electron chi connectivity index (χ4n) is 7.68. The molecule has 0 radical (unpaired) electrons. The fourth-order valence-corrected chi connectivity index (χ4v) is 7.68. The van der Waals surface area contributed by atoms with Gasteiger partial charge in [-0.3, -0.25) is 0 Å². The summed E-state index contributed by atoms with van der Waals surface area (Å²) in [5.74, 6) is 0. The Kier molecular flexibility index (Phi) is 6.25. The zero-order chi connectivity index (χ0) is 32.3. The van der Waals surface area contributed by atoms with E-state index in [1.54, 1.807) is 0 Å². The van der Waals surface area contributed by atoms with Crippen LogP contribution in [-0.2, 0) is 0 Å². The molecular weight excluding hydrogens is 593 g/mol. The van der Waals surface area contributed by atoms with Gasteiger partial charge in [-0.2, -0.15) is 0 Å². The second kappa shape index (κ2) is 11.1. The first kappa shape index (κ1) is 27.7. The maximum absolute atomic E-state index is 6.24. The number of hydrogen-bond acceptors (Lipinski definition) is 1. The van der Waals surface area contributed by atoms with Gasteiger partial charge < -0.3 is 4.42 Å². The highest BCUT2D eigenvalue weighted by molar-refractivity contribution is 6.21. The summed E-state index contributed by atoms with van der Waals surface area (Å²) < 4.78 is 6.24. The Labute approximate surface area is 284 Å². The molecule has 1 aromatic heterocycles. The van der Waals surface area contributed by atoms with Crippen LogP contribution in [0.15, 0.2) is 186 Å². The summed E-state index contributed by atoms with van der Waals surface area (Å²) in [6.07, 6.45) is 0. The summed E-state index contributed by atoms with van der Waals surface area (Å²) in [5, 5.41) is 9.82. The van der Waals surface area contributed by atoms with E-state index in [-0.39, 0.29) is 0 Å². The van der Waals surface area contributed by atoms with Crippen LogP contribution in [0.3, 0.4) is 0 Å². The van der Waals surface area contributed by atoms with E-state index >= 15 is 0 Å². The molecule has 0 saturated carbocycles. The van der Waals surface area contributed by atoms with Crippen LogP contribution in [0.2, 0.25) is 0 Å². The average molecular weight is 623 g/mol. The third-order valence-electron chi connectivity index (χ3n) is 10.1. The highest BCUT2D eigenvalue weighted by Gasteiger charge is 2.16. The van der Waals surface area contributed by atoms with Gasteiger partial charge in [0.2, 0.25) is 0 Å². The van der Waals surface area contributed by atoms with Crippen LogP contribution < -0.4 is 0 Å². The lowest BCUT2D eigenvalue weighted by Crippen LogP contribution is -1.90. The predicted molar refractivity (Wildman–Crippen MR) is 208 cm³/mol. The quantitative estimate of drug-likeness (QED) is 0.178. The standard InChI is InChI=1S/C48H30O/c1-2-10-34(11-3-1)47-39-14-6-8-16-41(39)48(42-17-9-7-15-40(42)47)35-24-22-32(23-25-35)31-18-20-33(21-19-31)38-26-27-45-43(29-38)44-28-36-12-4-5-13-37(36)30-46(44)49-45/h1-30H. The molecule has 49 heavy (non-hydrogen) atoms. The molecule has 0 atom stereocenters. The monoisotopic (exact) mass is 622 g/mol. The van der Waals surface area contributed by atoms with Crippen molar-refractivity contribution in [3.8, 4) is 44.5 Å². The van der Waals surface area contributed by atoms with Gasteiger partial charge in [-0.1, -0.05) is 158 Å². The summed E-state index contributed by atoms with van der Waals surface area (Å²) in [6, 6.07) is 65.8. The summed E-state index contributed by atoms with van der Waals surface area (Å²) in [4.78, 5) is 0. The number of hydrogen-bond donors (Lipinski definition) is 0. The van der Waals surface area contributed by atoms with Crippen molar-refractivity contribution in [2.75, 3.05) is 0 Å². The van der Waals surface area contributed by atoms with Gasteiger partial charge in [-0.05, 0) is 101 Å². The van der Waals surface area contributed by atoms with E-state index in [0.717, 1.165) is 21.9 Å². The summed E-state index contributed by atoms with van der Waals surface area (Å²) in [6.45, 7) is 0. The molecule has 0 amide bonds. The van der Waals surface area contributed by atoms with Gasteiger partial charge in [0.05, 0.1) is 0 Å². The van der Waals surface area contributed by atoms with Crippen LogP contribution in [0.4, 0.5) is 0 Å². The maximum atomic E-state index is 6.24. The molecular formula is C48H30O. The van der Waals surface area contributed by atoms with Crippen LogP contribution in [0, 0.1) is 0 Å². The minimum Gasteiger partial charge on any atom is -0.456 e. The molecule has 0 spiro atoms. The van der Waals surface area contributed by atoms with Gasteiger partial charge in [0, 0.05) is 10.8 Å². The third kappa shape index (κ3) is 4.55. The van der Waals surface area contributed by atoms with Gasteiger partial charge >= 0.3 is 0 Å².